The minimum Gasteiger partial charge on any atom is -0.383 e. The van der Waals surface area contributed by atoms with Gasteiger partial charge in [0.15, 0.2) is 0 Å². The molecule has 4 heteroatoms. The van der Waals surface area contributed by atoms with Crippen LogP contribution in [0.4, 0.5) is 5.82 Å². The van der Waals surface area contributed by atoms with E-state index >= 15 is 0 Å². The highest BCUT2D eigenvalue weighted by Gasteiger charge is 2.24. The van der Waals surface area contributed by atoms with E-state index in [9.17, 15) is 0 Å². The molecule has 0 spiro atoms. The summed E-state index contributed by atoms with van der Waals surface area (Å²) in [5.41, 5.74) is 11.5. The smallest absolute Gasteiger partial charge is 0.131 e. The third-order valence-corrected chi connectivity index (χ3v) is 5.93. The normalized spacial score (nSPS) is 17.3. The van der Waals surface area contributed by atoms with Crippen molar-refractivity contribution in [1.82, 2.24) is 14.9 Å². The fraction of sp³-hybridized carbons (Fsp3) is 0.727. The van der Waals surface area contributed by atoms with Crippen LogP contribution in [0.5, 0.6) is 0 Å². The molecule has 0 unspecified atom stereocenters. The molecule has 0 radical (unpaired) electrons. The number of hydrogen-bond acceptors (Lipinski definition) is 4. The van der Waals surface area contributed by atoms with E-state index in [-0.39, 0.29) is 0 Å². The van der Waals surface area contributed by atoms with Gasteiger partial charge < -0.3 is 10.6 Å². The molecule has 0 bridgehead atoms. The van der Waals surface area contributed by atoms with Gasteiger partial charge in [0.25, 0.3) is 0 Å². The van der Waals surface area contributed by atoms with E-state index in [1.54, 1.807) is 0 Å². The second-order valence-corrected chi connectivity index (χ2v) is 8.10. The van der Waals surface area contributed by atoms with Crippen molar-refractivity contribution in [2.45, 2.75) is 84.5 Å². The van der Waals surface area contributed by atoms with E-state index in [1.165, 1.54) is 81.3 Å². The predicted molar refractivity (Wildman–Crippen MR) is 110 cm³/mol. The highest BCUT2D eigenvalue weighted by atomic mass is 15.1. The Bertz CT molecular complexity index is 629. The number of fused-ring (bicyclic) bond motifs is 1. The first-order valence-electron chi connectivity index (χ1n) is 10.8. The molecule has 0 amide bonds. The monoisotopic (exact) mass is 356 g/mol. The van der Waals surface area contributed by atoms with Crippen LogP contribution in [0.1, 0.15) is 88.7 Å². The van der Waals surface area contributed by atoms with Crippen molar-refractivity contribution in [2.24, 2.45) is 0 Å². The van der Waals surface area contributed by atoms with Gasteiger partial charge in [0.2, 0.25) is 0 Å². The van der Waals surface area contributed by atoms with Crippen molar-refractivity contribution >= 4 is 11.4 Å². The summed E-state index contributed by atoms with van der Waals surface area (Å²) in [5.74, 6) is 1.64. The van der Waals surface area contributed by atoms with Gasteiger partial charge in [-0.3, -0.25) is 0 Å². The SMILES string of the molecule is CCCCc1nc(N)c2c(n1)C(CCCCCCN1CCCC1)=C(C)C2. The number of unbranched alkanes of at least 4 members (excludes halogenated alkanes) is 4. The average molecular weight is 357 g/mol. The summed E-state index contributed by atoms with van der Waals surface area (Å²) in [4.78, 5) is 12.1. The summed E-state index contributed by atoms with van der Waals surface area (Å²) in [6.07, 6.45) is 13.4. The van der Waals surface area contributed by atoms with Crippen LogP contribution in [0.15, 0.2) is 5.57 Å². The van der Waals surface area contributed by atoms with Gasteiger partial charge in [-0.15, -0.1) is 0 Å². The fourth-order valence-electron chi connectivity index (χ4n) is 4.32. The Balaban J connectivity index is 1.49. The first kappa shape index (κ1) is 19.3. The van der Waals surface area contributed by atoms with E-state index in [4.69, 9.17) is 10.7 Å². The maximum atomic E-state index is 6.24. The van der Waals surface area contributed by atoms with Crippen LogP contribution in [0.25, 0.3) is 5.57 Å². The second kappa shape index (κ2) is 9.50. The zero-order valence-corrected chi connectivity index (χ0v) is 16.8. The molecule has 1 aromatic rings. The van der Waals surface area contributed by atoms with Crippen LogP contribution in [0, 0.1) is 0 Å². The molecular formula is C22H36N4. The highest BCUT2D eigenvalue weighted by molar-refractivity contribution is 5.76. The third-order valence-electron chi connectivity index (χ3n) is 5.93. The molecular weight excluding hydrogens is 320 g/mol. The highest BCUT2D eigenvalue weighted by Crippen LogP contribution is 2.37. The van der Waals surface area contributed by atoms with Crippen molar-refractivity contribution in [3.63, 3.8) is 0 Å². The Kier molecular flexibility index (Phi) is 7.07. The van der Waals surface area contributed by atoms with Gasteiger partial charge in [0.1, 0.15) is 11.6 Å². The molecule has 2 aliphatic rings. The minimum atomic E-state index is 0.709. The number of aromatic nitrogens is 2. The van der Waals surface area contributed by atoms with Gasteiger partial charge in [0, 0.05) is 12.0 Å². The lowest BCUT2D eigenvalue weighted by molar-refractivity contribution is 0.328. The van der Waals surface area contributed by atoms with Crippen molar-refractivity contribution in [3.05, 3.63) is 22.7 Å². The van der Waals surface area contributed by atoms with Crippen LogP contribution in [0.2, 0.25) is 0 Å². The lowest BCUT2D eigenvalue weighted by Crippen LogP contribution is -2.20. The number of nitrogen functional groups attached to an aromatic ring is 1. The standard InChI is InChI=1S/C22H36N4/c1-3-4-12-20-24-21-18(17(2)16-19(21)22(23)25-20)11-7-5-6-8-13-26-14-9-10-15-26/h3-16H2,1-2H3,(H2,23,24,25). The van der Waals surface area contributed by atoms with Crippen LogP contribution < -0.4 is 5.73 Å². The lowest BCUT2D eigenvalue weighted by Gasteiger charge is -2.14. The van der Waals surface area contributed by atoms with Crippen molar-refractivity contribution in [3.8, 4) is 0 Å². The van der Waals surface area contributed by atoms with E-state index in [1.807, 2.05) is 0 Å². The van der Waals surface area contributed by atoms with Crippen molar-refractivity contribution in [1.29, 1.82) is 0 Å². The van der Waals surface area contributed by atoms with E-state index in [2.05, 4.69) is 23.7 Å². The third kappa shape index (κ3) is 4.85. The van der Waals surface area contributed by atoms with Crippen LogP contribution in [0.3, 0.4) is 0 Å². The van der Waals surface area contributed by atoms with E-state index in [0.29, 0.717) is 5.82 Å². The molecule has 1 aliphatic heterocycles. The molecule has 2 heterocycles. The molecule has 1 aliphatic carbocycles. The van der Waals surface area contributed by atoms with Gasteiger partial charge in [-0.05, 0) is 77.1 Å². The number of likely N-dealkylation sites (tertiary alicyclic amines) is 1. The number of nitrogens with zero attached hydrogens (tertiary/aromatic N) is 3. The maximum absolute atomic E-state index is 6.24. The van der Waals surface area contributed by atoms with Gasteiger partial charge >= 0.3 is 0 Å². The zero-order chi connectivity index (χ0) is 18.4. The van der Waals surface area contributed by atoms with Gasteiger partial charge in [0.05, 0.1) is 5.69 Å². The quantitative estimate of drug-likeness (QED) is 0.613. The summed E-state index contributed by atoms with van der Waals surface area (Å²) in [5, 5.41) is 0. The molecule has 1 fully saturated rings. The topological polar surface area (TPSA) is 55.0 Å². The molecule has 4 nitrogen and oxygen atoms in total. The Labute approximate surface area is 159 Å². The van der Waals surface area contributed by atoms with Gasteiger partial charge in [-0.1, -0.05) is 31.8 Å². The van der Waals surface area contributed by atoms with Crippen molar-refractivity contribution < 1.29 is 0 Å². The number of anilines is 1. The minimum absolute atomic E-state index is 0.709. The molecule has 0 atom stereocenters. The number of allylic oxidation sites excluding steroid dienone is 2. The van der Waals surface area contributed by atoms with Crippen LogP contribution in [-0.4, -0.2) is 34.5 Å². The Hall–Kier alpha value is -1.42. The molecule has 3 rings (SSSR count). The summed E-state index contributed by atoms with van der Waals surface area (Å²) in [6.45, 7) is 8.40. The van der Waals surface area contributed by atoms with E-state index in [0.717, 1.165) is 37.2 Å². The first-order chi connectivity index (χ1) is 12.7. The molecule has 26 heavy (non-hydrogen) atoms. The molecule has 1 saturated heterocycles. The Morgan fingerprint density at radius 3 is 2.50 bits per heavy atom. The van der Waals surface area contributed by atoms with Crippen molar-refractivity contribution in [2.75, 3.05) is 25.4 Å². The lowest BCUT2D eigenvalue weighted by atomic mass is 10.0. The number of aryl methyl sites for hydroxylation is 1. The largest absolute Gasteiger partial charge is 0.383 e. The molecule has 1 aromatic heterocycles. The Morgan fingerprint density at radius 1 is 0.962 bits per heavy atom. The van der Waals surface area contributed by atoms with Crippen LogP contribution in [-0.2, 0) is 12.8 Å². The summed E-state index contributed by atoms with van der Waals surface area (Å²) < 4.78 is 0. The molecule has 2 N–H and O–H groups in total. The molecule has 144 valence electrons. The predicted octanol–water partition coefficient (Wildman–Crippen LogP) is 4.78. The van der Waals surface area contributed by atoms with Gasteiger partial charge in [-0.25, -0.2) is 9.97 Å². The number of nitrogens with two attached hydrogens (primary N) is 1. The number of hydrogen-bond donors (Lipinski definition) is 1. The molecule has 0 saturated carbocycles. The summed E-state index contributed by atoms with van der Waals surface area (Å²) in [6, 6.07) is 0. The van der Waals surface area contributed by atoms with Gasteiger partial charge in [-0.2, -0.15) is 0 Å². The number of rotatable bonds is 10. The zero-order valence-electron chi connectivity index (χ0n) is 16.8. The van der Waals surface area contributed by atoms with E-state index < -0.39 is 0 Å². The summed E-state index contributed by atoms with van der Waals surface area (Å²) in [7, 11) is 0. The maximum Gasteiger partial charge on any atom is 0.131 e. The average Bonchev–Trinajstić information content (AvgIpc) is 3.25. The first-order valence-corrected chi connectivity index (χ1v) is 10.8. The Morgan fingerprint density at radius 2 is 1.73 bits per heavy atom. The second-order valence-electron chi connectivity index (χ2n) is 8.10. The fourth-order valence-corrected chi connectivity index (χ4v) is 4.32. The van der Waals surface area contributed by atoms with Crippen LogP contribution >= 0.6 is 0 Å². The molecule has 0 aromatic carbocycles. The summed E-state index contributed by atoms with van der Waals surface area (Å²) >= 11 is 0.